The smallest absolute Gasteiger partial charge is 0.302 e. The number of rotatable bonds is 9. The van der Waals surface area contributed by atoms with Crippen molar-refractivity contribution in [3.63, 3.8) is 0 Å². The van der Waals surface area contributed by atoms with Crippen LogP contribution in [0.5, 0.6) is 5.75 Å². The number of hydrogen-bond donors (Lipinski definition) is 1. The molecule has 2 saturated carbocycles. The van der Waals surface area contributed by atoms with Crippen LogP contribution in [0.4, 0.5) is 8.78 Å². The Labute approximate surface area is 241 Å². The molecule has 2 heterocycles. The zero-order chi connectivity index (χ0) is 29.4. The summed E-state index contributed by atoms with van der Waals surface area (Å²) in [6.07, 6.45) is 9.56. The zero-order valence-electron chi connectivity index (χ0n) is 23.4. The molecule has 0 unspecified atom stereocenters. The lowest BCUT2D eigenvalue weighted by atomic mass is 9.49. The molecule has 11 heteroatoms. The number of carbonyl (C=O) groups excluding carboxylic acids is 2. The molecule has 2 fully saturated rings. The highest BCUT2D eigenvalue weighted by Crippen LogP contribution is 2.59. The molecule has 2 aliphatic rings. The predicted octanol–water partition coefficient (Wildman–Crippen LogP) is 5.07. The molecule has 1 amide bonds. The van der Waals surface area contributed by atoms with Crippen molar-refractivity contribution in [2.75, 3.05) is 13.7 Å². The molecular weight excluding hydrogens is 544 g/mol. The quantitative estimate of drug-likeness (QED) is 0.278. The minimum Gasteiger partial charge on any atom is -0.497 e. The standard InChI is InChI=1S/C31H31F2N5O4/c1-18(39)42-4-3-19-10-31(11-19)12-25(13-31)37-30(40)27-9-24(33)6-22-16-36-38(28(22)27)17-20-14-34-29(35-15-20)21-5-23(32)8-26(7-21)41-2/h5-9,14-16,19,25H,3-4,10-13,17H2,1-2H3,(H,37,40). The van der Waals surface area contributed by atoms with Gasteiger partial charge in [-0.3, -0.25) is 14.3 Å². The number of esters is 1. The van der Waals surface area contributed by atoms with Crippen LogP contribution < -0.4 is 10.1 Å². The molecule has 2 aromatic carbocycles. The van der Waals surface area contributed by atoms with Crippen molar-refractivity contribution in [1.82, 2.24) is 25.1 Å². The van der Waals surface area contributed by atoms with Crippen LogP contribution in [0.25, 0.3) is 22.3 Å². The van der Waals surface area contributed by atoms with Gasteiger partial charge >= 0.3 is 5.97 Å². The summed E-state index contributed by atoms with van der Waals surface area (Å²) in [4.78, 5) is 33.1. The Morgan fingerprint density at radius 1 is 1.02 bits per heavy atom. The summed E-state index contributed by atoms with van der Waals surface area (Å²) in [7, 11) is 1.46. The second-order valence-electron chi connectivity index (χ2n) is 11.5. The van der Waals surface area contributed by atoms with Crippen molar-refractivity contribution in [1.29, 1.82) is 0 Å². The van der Waals surface area contributed by atoms with E-state index in [1.165, 1.54) is 44.5 Å². The normalized spacial score (nSPS) is 21.0. The van der Waals surface area contributed by atoms with E-state index < -0.39 is 11.6 Å². The fraction of sp³-hybridized carbons (Fsp3) is 0.387. The second-order valence-corrected chi connectivity index (χ2v) is 11.5. The Balaban J connectivity index is 1.12. The summed E-state index contributed by atoms with van der Waals surface area (Å²) in [5.74, 6) is -0.301. The lowest BCUT2D eigenvalue weighted by Crippen LogP contribution is -2.56. The van der Waals surface area contributed by atoms with Gasteiger partial charge in [0.15, 0.2) is 5.82 Å². The Bertz CT molecular complexity index is 1640. The van der Waals surface area contributed by atoms with E-state index >= 15 is 0 Å². The summed E-state index contributed by atoms with van der Waals surface area (Å²) in [5.41, 5.74) is 2.18. The Morgan fingerprint density at radius 3 is 2.48 bits per heavy atom. The molecule has 6 rings (SSSR count). The molecule has 1 N–H and O–H groups in total. The average Bonchev–Trinajstić information content (AvgIpc) is 3.31. The van der Waals surface area contributed by atoms with Crippen LogP contribution in [0.1, 0.15) is 54.9 Å². The van der Waals surface area contributed by atoms with Gasteiger partial charge in [0.1, 0.15) is 17.4 Å². The molecule has 2 aliphatic carbocycles. The highest BCUT2D eigenvalue weighted by atomic mass is 19.1. The number of benzene rings is 2. The van der Waals surface area contributed by atoms with Gasteiger partial charge in [0, 0.05) is 47.9 Å². The van der Waals surface area contributed by atoms with Crippen molar-refractivity contribution in [3.8, 4) is 17.1 Å². The van der Waals surface area contributed by atoms with Gasteiger partial charge in [-0.15, -0.1) is 0 Å². The Kier molecular flexibility index (Phi) is 7.34. The van der Waals surface area contributed by atoms with E-state index in [-0.39, 0.29) is 35.4 Å². The number of amides is 1. The van der Waals surface area contributed by atoms with Gasteiger partial charge in [0.05, 0.1) is 37.5 Å². The van der Waals surface area contributed by atoms with Crippen LogP contribution >= 0.6 is 0 Å². The molecule has 0 bridgehead atoms. The van der Waals surface area contributed by atoms with Gasteiger partial charge in [0.25, 0.3) is 5.91 Å². The lowest BCUT2D eigenvalue weighted by Gasteiger charge is -2.58. The van der Waals surface area contributed by atoms with Gasteiger partial charge < -0.3 is 14.8 Å². The number of aromatic nitrogens is 4. The van der Waals surface area contributed by atoms with Crippen molar-refractivity contribution in [2.24, 2.45) is 11.3 Å². The van der Waals surface area contributed by atoms with Crippen LogP contribution in [0, 0.1) is 23.0 Å². The first-order valence-electron chi connectivity index (χ1n) is 14.0. The summed E-state index contributed by atoms with van der Waals surface area (Å²) in [5, 5.41) is 8.01. The average molecular weight is 576 g/mol. The number of nitrogens with zero attached hydrogens (tertiary/aromatic N) is 4. The summed E-state index contributed by atoms with van der Waals surface area (Å²) in [6, 6.07) is 6.89. The van der Waals surface area contributed by atoms with Gasteiger partial charge in [-0.05, 0) is 67.7 Å². The Hall–Kier alpha value is -4.41. The van der Waals surface area contributed by atoms with E-state index in [9.17, 15) is 18.4 Å². The molecule has 9 nitrogen and oxygen atoms in total. The number of carbonyl (C=O) groups is 2. The predicted molar refractivity (Wildman–Crippen MR) is 150 cm³/mol. The van der Waals surface area contributed by atoms with Crippen molar-refractivity contribution in [3.05, 3.63) is 71.7 Å². The maximum absolute atomic E-state index is 14.5. The number of nitrogens with one attached hydrogen (secondary N) is 1. The summed E-state index contributed by atoms with van der Waals surface area (Å²) in [6.45, 7) is 2.13. The lowest BCUT2D eigenvalue weighted by molar-refractivity contribution is -0.142. The van der Waals surface area contributed by atoms with Crippen molar-refractivity contribution < 1.29 is 27.8 Å². The number of ether oxygens (including phenoxy) is 2. The molecule has 218 valence electrons. The molecule has 4 aromatic rings. The van der Waals surface area contributed by atoms with Gasteiger partial charge in [-0.1, -0.05) is 0 Å². The van der Waals surface area contributed by atoms with Gasteiger partial charge in [-0.25, -0.2) is 18.7 Å². The largest absolute Gasteiger partial charge is 0.497 e. The molecule has 2 aromatic heterocycles. The molecule has 0 saturated heterocycles. The van der Waals surface area contributed by atoms with E-state index in [0.29, 0.717) is 46.1 Å². The minimum absolute atomic E-state index is 0.0315. The van der Waals surface area contributed by atoms with Crippen LogP contribution in [-0.2, 0) is 16.1 Å². The number of hydrogen-bond acceptors (Lipinski definition) is 7. The highest BCUT2D eigenvalue weighted by molar-refractivity contribution is 6.05. The Morgan fingerprint density at radius 2 is 1.76 bits per heavy atom. The summed E-state index contributed by atoms with van der Waals surface area (Å²) >= 11 is 0. The number of fused-ring (bicyclic) bond motifs is 1. The van der Waals surface area contributed by atoms with Crippen LogP contribution in [-0.4, -0.2) is 51.4 Å². The molecule has 42 heavy (non-hydrogen) atoms. The van der Waals surface area contributed by atoms with Crippen molar-refractivity contribution >= 4 is 22.8 Å². The van der Waals surface area contributed by atoms with E-state index in [0.717, 1.165) is 32.1 Å². The topological polar surface area (TPSA) is 108 Å². The van der Waals surface area contributed by atoms with Crippen LogP contribution in [0.2, 0.25) is 0 Å². The fourth-order valence-electron chi connectivity index (χ4n) is 6.48. The summed E-state index contributed by atoms with van der Waals surface area (Å²) < 4.78 is 40.2. The first kappa shape index (κ1) is 27.7. The van der Waals surface area contributed by atoms with Gasteiger partial charge in [0.2, 0.25) is 0 Å². The van der Waals surface area contributed by atoms with E-state index in [4.69, 9.17) is 9.47 Å². The SMILES string of the molecule is COc1cc(F)cc(-c2ncc(Cn3ncc4cc(F)cc(C(=O)NC5CC6(CC(CCOC(C)=O)C6)C5)c43)cn2)c1. The number of halogens is 2. The maximum atomic E-state index is 14.5. The molecular formula is C31H31F2N5O4. The molecule has 0 atom stereocenters. The first-order valence-corrected chi connectivity index (χ1v) is 14.0. The third-order valence-electron chi connectivity index (χ3n) is 8.31. The highest BCUT2D eigenvalue weighted by Gasteiger charge is 2.52. The molecule has 0 aliphatic heterocycles. The molecule has 0 radical (unpaired) electrons. The number of methoxy groups -OCH3 is 1. The van der Waals surface area contributed by atoms with Crippen molar-refractivity contribution in [2.45, 2.75) is 51.6 Å². The molecule has 1 spiro atoms. The van der Waals surface area contributed by atoms with E-state index in [1.807, 2.05) is 0 Å². The first-order chi connectivity index (χ1) is 20.2. The third-order valence-corrected chi connectivity index (χ3v) is 8.31. The second kappa shape index (κ2) is 11.1. The van der Waals surface area contributed by atoms with E-state index in [1.54, 1.807) is 23.1 Å². The van der Waals surface area contributed by atoms with Crippen LogP contribution in [0.15, 0.2) is 48.9 Å². The minimum atomic E-state index is -0.509. The fourth-order valence-corrected chi connectivity index (χ4v) is 6.48. The van der Waals surface area contributed by atoms with E-state index in [2.05, 4.69) is 20.4 Å². The monoisotopic (exact) mass is 575 g/mol. The third kappa shape index (κ3) is 5.68. The zero-order valence-corrected chi connectivity index (χ0v) is 23.4. The van der Waals surface area contributed by atoms with Gasteiger partial charge in [-0.2, -0.15) is 5.10 Å². The maximum Gasteiger partial charge on any atom is 0.302 e. The van der Waals surface area contributed by atoms with Crippen LogP contribution in [0.3, 0.4) is 0 Å².